The Morgan fingerprint density at radius 1 is 1.12 bits per heavy atom. The number of esters is 1. The van der Waals surface area contributed by atoms with Crippen LogP contribution in [0, 0.1) is 5.92 Å². The van der Waals surface area contributed by atoms with Gasteiger partial charge in [-0.25, -0.2) is 0 Å². The molecule has 0 amide bonds. The van der Waals surface area contributed by atoms with Crippen LogP contribution in [0.3, 0.4) is 0 Å². The number of rotatable bonds is 5. The molecule has 0 spiro atoms. The Balaban J connectivity index is 1.88. The molecule has 1 fully saturated rings. The molecule has 132 valence electrons. The first kappa shape index (κ1) is 17.8. The highest BCUT2D eigenvalue weighted by atomic mass is 35.5. The molecular formula is C20H22ClNO3. The molecule has 0 saturated carbocycles. The van der Waals surface area contributed by atoms with E-state index in [2.05, 4.69) is 17.0 Å². The molecule has 5 heteroatoms. The van der Waals surface area contributed by atoms with Crippen LogP contribution in [0.4, 0.5) is 0 Å². The minimum Gasteiger partial charge on any atom is -0.495 e. The van der Waals surface area contributed by atoms with Crippen LogP contribution >= 0.6 is 11.6 Å². The Labute approximate surface area is 153 Å². The number of hydrogen-bond acceptors (Lipinski definition) is 4. The summed E-state index contributed by atoms with van der Waals surface area (Å²) in [5, 5.41) is 0.560. The Morgan fingerprint density at radius 2 is 1.88 bits per heavy atom. The van der Waals surface area contributed by atoms with Crippen LogP contribution in [-0.2, 0) is 16.1 Å². The lowest BCUT2D eigenvalue weighted by Crippen LogP contribution is -2.24. The van der Waals surface area contributed by atoms with Crippen molar-refractivity contribution in [3.63, 3.8) is 0 Å². The van der Waals surface area contributed by atoms with Crippen molar-refractivity contribution >= 4 is 17.6 Å². The number of carbonyl (C=O) groups is 1. The van der Waals surface area contributed by atoms with Crippen LogP contribution in [0.2, 0.25) is 5.02 Å². The lowest BCUT2D eigenvalue weighted by atomic mass is 9.88. The van der Waals surface area contributed by atoms with E-state index in [0.717, 1.165) is 18.7 Å². The number of para-hydroxylation sites is 1. The van der Waals surface area contributed by atoms with Crippen LogP contribution < -0.4 is 4.74 Å². The maximum Gasteiger partial charge on any atom is 0.310 e. The van der Waals surface area contributed by atoms with Crippen molar-refractivity contribution in [2.75, 3.05) is 27.3 Å². The van der Waals surface area contributed by atoms with Gasteiger partial charge in [-0.05, 0) is 11.6 Å². The van der Waals surface area contributed by atoms with Gasteiger partial charge in [-0.2, -0.15) is 0 Å². The van der Waals surface area contributed by atoms with Crippen molar-refractivity contribution < 1.29 is 14.3 Å². The van der Waals surface area contributed by atoms with Crippen molar-refractivity contribution in [2.24, 2.45) is 5.92 Å². The smallest absolute Gasteiger partial charge is 0.310 e. The molecular weight excluding hydrogens is 338 g/mol. The summed E-state index contributed by atoms with van der Waals surface area (Å²) in [7, 11) is 3.04. The molecule has 4 nitrogen and oxygen atoms in total. The summed E-state index contributed by atoms with van der Waals surface area (Å²) in [6, 6.07) is 15.9. The number of ether oxygens (including phenoxy) is 2. The number of likely N-dealkylation sites (tertiary alicyclic amines) is 1. The lowest BCUT2D eigenvalue weighted by Gasteiger charge is -2.20. The van der Waals surface area contributed by atoms with Crippen LogP contribution in [0.25, 0.3) is 0 Å². The summed E-state index contributed by atoms with van der Waals surface area (Å²) >= 11 is 6.28. The molecule has 1 saturated heterocycles. The Bertz CT molecular complexity index is 735. The number of nitrogens with zero attached hydrogens (tertiary/aromatic N) is 1. The van der Waals surface area contributed by atoms with Gasteiger partial charge in [0, 0.05) is 31.1 Å². The molecule has 0 N–H and O–H groups in total. The summed E-state index contributed by atoms with van der Waals surface area (Å²) in [5.41, 5.74) is 2.19. The SMILES string of the molecule is COC(=O)[C@@H]1CN(Cc2ccccc2)C[C@H]1c1cccc(Cl)c1OC. The van der Waals surface area contributed by atoms with Crippen LogP contribution in [0.1, 0.15) is 17.0 Å². The third-order valence-electron chi connectivity index (χ3n) is 4.75. The van der Waals surface area contributed by atoms with E-state index in [9.17, 15) is 4.79 Å². The Kier molecular flexibility index (Phi) is 5.61. The van der Waals surface area contributed by atoms with Gasteiger partial charge in [0.25, 0.3) is 0 Å². The lowest BCUT2D eigenvalue weighted by molar-refractivity contribution is -0.145. The second-order valence-corrected chi connectivity index (χ2v) is 6.69. The summed E-state index contributed by atoms with van der Waals surface area (Å²) in [5.74, 6) is 0.207. The molecule has 2 aromatic rings. The van der Waals surface area contributed by atoms with E-state index >= 15 is 0 Å². The second kappa shape index (κ2) is 7.89. The third-order valence-corrected chi connectivity index (χ3v) is 5.05. The van der Waals surface area contributed by atoms with Gasteiger partial charge in [-0.3, -0.25) is 9.69 Å². The second-order valence-electron chi connectivity index (χ2n) is 6.28. The number of halogens is 1. The summed E-state index contributed by atoms with van der Waals surface area (Å²) in [6.45, 7) is 2.21. The van der Waals surface area contributed by atoms with E-state index in [1.807, 2.05) is 30.3 Å². The first-order valence-electron chi connectivity index (χ1n) is 8.30. The van der Waals surface area contributed by atoms with Gasteiger partial charge in [-0.15, -0.1) is 0 Å². The summed E-state index contributed by atoms with van der Waals surface area (Å²) in [6.07, 6.45) is 0. The first-order valence-corrected chi connectivity index (χ1v) is 8.68. The average molecular weight is 360 g/mol. The van der Waals surface area contributed by atoms with Gasteiger partial charge in [0.2, 0.25) is 0 Å². The minimum absolute atomic E-state index is 0.00943. The maximum atomic E-state index is 12.4. The quantitative estimate of drug-likeness (QED) is 0.762. The molecule has 0 unspecified atom stereocenters. The van der Waals surface area contributed by atoms with Crippen molar-refractivity contribution in [2.45, 2.75) is 12.5 Å². The molecule has 1 aliphatic rings. The molecule has 1 heterocycles. The highest BCUT2D eigenvalue weighted by Gasteiger charge is 2.40. The molecule has 0 aromatic heterocycles. The van der Waals surface area contributed by atoms with E-state index in [-0.39, 0.29) is 17.8 Å². The topological polar surface area (TPSA) is 38.8 Å². The highest BCUT2D eigenvalue weighted by Crippen LogP contribution is 2.41. The van der Waals surface area contributed by atoms with E-state index in [4.69, 9.17) is 21.1 Å². The van der Waals surface area contributed by atoms with Gasteiger partial charge >= 0.3 is 5.97 Å². The van der Waals surface area contributed by atoms with Crippen LogP contribution in [0.15, 0.2) is 48.5 Å². The molecule has 2 aromatic carbocycles. The molecule has 3 rings (SSSR count). The van der Waals surface area contributed by atoms with Crippen LogP contribution in [0.5, 0.6) is 5.75 Å². The van der Waals surface area contributed by atoms with Gasteiger partial charge in [0.05, 0.1) is 25.2 Å². The fourth-order valence-corrected chi connectivity index (χ4v) is 3.85. The zero-order valence-electron chi connectivity index (χ0n) is 14.4. The first-order chi connectivity index (χ1) is 12.1. The predicted molar refractivity (Wildman–Crippen MR) is 98.0 cm³/mol. The van der Waals surface area contributed by atoms with E-state index in [0.29, 0.717) is 17.3 Å². The maximum absolute atomic E-state index is 12.4. The molecule has 0 bridgehead atoms. The molecule has 0 aliphatic carbocycles. The third kappa shape index (κ3) is 3.80. The predicted octanol–water partition coefficient (Wildman–Crippen LogP) is 3.74. The fourth-order valence-electron chi connectivity index (χ4n) is 3.59. The van der Waals surface area contributed by atoms with Crippen molar-refractivity contribution in [3.8, 4) is 5.75 Å². The van der Waals surface area contributed by atoms with E-state index < -0.39 is 0 Å². The van der Waals surface area contributed by atoms with Gasteiger partial charge < -0.3 is 9.47 Å². The standard InChI is InChI=1S/C20H22ClNO3/c1-24-19-15(9-6-10-18(19)21)16-12-22(13-17(16)20(23)25-2)11-14-7-4-3-5-8-14/h3-10,16-17H,11-13H2,1-2H3/t16-,17+/m0/s1. The van der Waals surface area contributed by atoms with Gasteiger partial charge in [0.15, 0.2) is 0 Å². The Morgan fingerprint density at radius 3 is 2.56 bits per heavy atom. The highest BCUT2D eigenvalue weighted by molar-refractivity contribution is 6.32. The number of benzene rings is 2. The zero-order valence-corrected chi connectivity index (χ0v) is 15.2. The zero-order chi connectivity index (χ0) is 17.8. The summed E-state index contributed by atoms with van der Waals surface area (Å²) in [4.78, 5) is 14.6. The van der Waals surface area contributed by atoms with Crippen molar-refractivity contribution in [1.29, 1.82) is 0 Å². The molecule has 1 aliphatic heterocycles. The summed E-state index contributed by atoms with van der Waals surface area (Å²) < 4.78 is 10.5. The van der Waals surface area contributed by atoms with Crippen molar-refractivity contribution in [3.05, 3.63) is 64.7 Å². The average Bonchev–Trinajstić information content (AvgIpc) is 3.05. The monoisotopic (exact) mass is 359 g/mol. The molecule has 2 atom stereocenters. The van der Waals surface area contributed by atoms with Crippen molar-refractivity contribution in [1.82, 2.24) is 4.90 Å². The number of hydrogen-bond donors (Lipinski definition) is 0. The Hall–Kier alpha value is -2.04. The van der Waals surface area contributed by atoms with E-state index in [1.54, 1.807) is 13.2 Å². The van der Waals surface area contributed by atoms with Gasteiger partial charge in [0.1, 0.15) is 5.75 Å². The molecule has 0 radical (unpaired) electrons. The number of carbonyl (C=O) groups excluding carboxylic acids is 1. The largest absolute Gasteiger partial charge is 0.495 e. The van der Waals surface area contributed by atoms with E-state index in [1.165, 1.54) is 12.7 Å². The number of methoxy groups -OCH3 is 2. The van der Waals surface area contributed by atoms with Gasteiger partial charge in [-0.1, -0.05) is 54.1 Å². The molecule has 25 heavy (non-hydrogen) atoms. The van der Waals surface area contributed by atoms with Crippen LogP contribution in [-0.4, -0.2) is 38.2 Å². The minimum atomic E-state index is -0.235. The fraction of sp³-hybridized carbons (Fsp3) is 0.350. The normalized spacial score (nSPS) is 20.4.